The molecular weight excluding hydrogens is 187 g/mol. The maximum absolute atomic E-state index is 12.5. The third kappa shape index (κ3) is 3.43. The Kier molecular flexibility index (Phi) is 3.45. The number of halogens is 1. The van der Waals surface area contributed by atoms with Crippen molar-refractivity contribution < 1.29 is 18.7 Å². The fourth-order valence-corrected chi connectivity index (χ4v) is 0.815. The van der Waals surface area contributed by atoms with E-state index in [9.17, 15) is 9.18 Å². The zero-order valence-corrected chi connectivity index (χ0v) is 7.99. The summed E-state index contributed by atoms with van der Waals surface area (Å²) in [6.07, 6.45) is -1.02. The summed E-state index contributed by atoms with van der Waals surface area (Å²) in [6, 6.07) is 5.13. The maximum atomic E-state index is 12.5. The predicted octanol–water partition coefficient (Wildman–Crippen LogP) is 2.75. The van der Waals surface area contributed by atoms with Crippen molar-refractivity contribution in [2.75, 3.05) is 0 Å². The number of carbonyl (C=O) groups is 1. The van der Waals surface area contributed by atoms with Crippen molar-refractivity contribution in [1.82, 2.24) is 0 Å². The molecule has 0 spiro atoms. The third-order valence-corrected chi connectivity index (χ3v) is 1.35. The Morgan fingerprint density at radius 2 is 1.86 bits per heavy atom. The summed E-state index contributed by atoms with van der Waals surface area (Å²) in [7, 11) is 0. The Balaban J connectivity index is 2.52. The maximum Gasteiger partial charge on any atom is 0.514 e. The van der Waals surface area contributed by atoms with E-state index >= 15 is 0 Å². The van der Waals surface area contributed by atoms with Crippen molar-refractivity contribution in [3.8, 4) is 5.75 Å². The number of hydrogen-bond acceptors (Lipinski definition) is 3. The lowest BCUT2D eigenvalue weighted by atomic mass is 10.3. The van der Waals surface area contributed by atoms with Gasteiger partial charge in [-0.25, -0.2) is 9.18 Å². The van der Waals surface area contributed by atoms with Crippen LogP contribution in [0.25, 0.3) is 0 Å². The van der Waals surface area contributed by atoms with Crippen LogP contribution in [0.2, 0.25) is 0 Å². The van der Waals surface area contributed by atoms with E-state index in [-0.39, 0.29) is 17.7 Å². The predicted molar refractivity (Wildman–Crippen MR) is 48.6 cm³/mol. The van der Waals surface area contributed by atoms with Crippen molar-refractivity contribution in [1.29, 1.82) is 0 Å². The van der Waals surface area contributed by atoms with Crippen LogP contribution in [0.15, 0.2) is 24.3 Å². The molecule has 0 aliphatic heterocycles. The van der Waals surface area contributed by atoms with E-state index < -0.39 is 6.16 Å². The van der Waals surface area contributed by atoms with E-state index in [2.05, 4.69) is 0 Å². The lowest BCUT2D eigenvalue weighted by molar-refractivity contribution is 0.0729. The number of ether oxygens (including phenoxy) is 2. The molecule has 1 aromatic rings. The summed E-state index contributed by atoms with van der Waals surface area (Å²) in [4.78, 5) is 11.0. The molecule has 0 N–H and O–H groups in total. The lowest BCUT2D eigenvalue weighted by Crippen LogP contribution is -2.15. The molecule has 0 heterocycles. The molecule has 0 bridgehead atoms. The minimum Gasteiger partial charge on any atom is -0.431 e. The van der Waals surface area contributed by atoms with Gasteiger partial charge in [-0.05, 0) is 38.1 Å². The highest BCUT2D eigenvalue weighted by Gasteiger charge is 2.07. The molecule has 0 aliphatic carbocycles. The van der Waals surface area contributed by atoms with Gasteiger partial charge in [0.25, 0.3) is 0 Å². The topological polar surface area (TPSA) is 35.5 Å². The molecule has 0 fully saturated rings. The standard InChI is InChI=1S/C10H11FO3/c1-7(2)13-10(12)14-9-5-3-8(11)4-6-9/h3-7H,1-2H3. The summed E-state index contributed by atoms with van der Waals surface area (Å²) >= 11 is 0. The molecule has 0 atom stereocenters. The van der Waals surface area contributed by atoms with E-state index in [0.717, 1.165) is 0 Å². The van der Waals surface area contributed by atoms with Crippen LogP contribution in [0.1, 0.15) is 13.8 Å². The van der Waals surface area contributed by atoms with Crippen LogP contribution in [0.3, 0.4) is 0 Å². The smallest absolute Gasteiger partial charge is 0.431 e. The Morgan fingerprint density at radius 1 is 1.29 bits per heavy atom. The Bertz CT molecular complexity index is 306. The van der Waals surface area contributed by atoms with E-state index in [1.54, 1.807) is 13.8 Å². The van der Waals surface area contributed by atoms with Gasteiger partial charge in [0, 0.05) is 0 Å². The van der Waals surface area contributed by atoms with Crippen molar-refractivity contribution in [3.05, 3.63) is 30.1 Å². The van der Waals surface area contributed by atoms with Crippen molar-refractivity contribution in [2.24, 2.45) is 0 Å². The molecule has 1 rings (SSSR count). The number of rotatable bonds is 2. The summed E-state index contributed by atoms with van der Waals surface area (Å²) in [5.41, 5.74) is 0. The first-order chi connectivity index (χ1) is 6.58. The average molecular weight is 198 g/mol. The Labute approximate surface area is 81.4 Å². The molecule has 0 radical (unpaired) electrons. The van der Waals surface area contributed by atoms with E-state index in [4.69, 9.17) is 9.47 Å². The quantitative estimate of drug-likeness (QED) is 0.541. The van der Waals surface area contributed by atoms with Gasteiger partial charge in [0.2, 0.25) is 0 Å². The monoisotopic (exact) mass is 198 g/mol. The van der Waals surface area contributed by atoms with Gasteiger partial charge in [-0.3, -0.25) is 0 Å². The van der Waals surface area contributed by atoms with Gasteiger partial charge in [0.05, 0.1) is 6.10 Å². The molecule has 0 aromatic heterocycles. The van der Waals surface area contributed by atoms with Gasteiger partial charge in [0.15, 0.2) is 0 Å². The van der Waals surface area contributed by atoms with Crippen LogP contribution in [0, 0.1) is 5.82 Å². The van der Waals surface area contributed by atoms with Crippen molar-refractivity contribution in [3.63, 3.8) is 0 Å². The van der Waals surface area contributed by atoms with Gasteiger partial charge in [-0.15, -0.1) is 0 Å². The van der Waals surface area contributed by atoms with Gasteiger partial charge in [-0.1, -0.05) is 0 Å². The second kappa shape index (κ2) is 4.60. The van der Waals surface area contributed by atoms with E-state index in [1.165, 1.54) is 24.3 Å². The highest BCUT2D eigenvalue weighted by Crippen LogP contribution is 2.11. The van der Waals surface area contributed by atoms with Crippen molar-refractivity contribution in [2.45, 2.75) is 20.0 Å². The molecule has 4 heteroatoms. The number of hydrogen-bond donors (Lipinski definition) is 0. The summed E-state index contributed by atoms with van der Waals surface area (Å²) in [6.45, 7) is 3.43. The van der Waals surface area contributed by atoms with Crippen molar-refractivity contribution >= 4 is 6.16 Å². The Hall–Kier alpha value is -1.58. The minimum absolute atomic E-state index is 0.233. The summed E-state index contributed by atoms with van der Waals surface area (Å²) in [5, 5.41) is 0. The molecule has 0 aliphatic rings. The normalized spacial score (nSPS) is 10.0. The molecule has 0 saturated carbocycles. The minimum atomic E-state index is -0.786. The molecule has 0 saturated heterocycles. The van der Waals surface area contributed by atoms with Gasteiger partial charge in [0.1, 0.15) is 11.6 Å². The third-order valence-electron chi connectivity index (χ3n) is 1.35. The first-order valence-corrected chi connectivity index (χ1v) is 4.22. The number of benzene rings is 1. The highest BCUT2D eigenvalue weighted by atomic mass is 19.1. The SMILES string of the molecule is CC(C)OC(=O)Oc1ccc(F)cc1. The van der Waals surface area contributed by atoms with Crippen LogP contribution in [-0.2, 0) is 4.74 Å². The molecule has 76 valence electrons. The molecule has 0 unspecified atom stereocenters. The molecule has 0 amide bonds. The first kappa shape index (κ1) is 10.5. The average Bonchev–Trinajstić information content (AvgIpc) is 2.07. The molecular formula is C10H11FO3. The zero-order chi connectivity index (χ0) is 10.6. The molecule has 1 aromatic carbocycles. The second-order valence-corrected chi connectivity index (χ2v) is 2.97. The van der Waals surface area contributed by atoms with Crippen LogP contribution in [-0.4, -0.2) is 12.3 Å². The largest absolute Gasteiger partial charge is 0.514 e. The first-order valence-electron chi connectivity index (χ1n) is 4.22. The van der Waals surface area contributed by atoms with Crippen LogP contribution < -0.4 is 4.74 Å². The molecule has 14 heavy (non-hydrogen) atoms. The van der Waals surface area contributed by atoms with Crippen LogP contribution >= 0.6 is 0 Å². The highest BCUT2D eigenvalue weighted by molar-refractivity contribution is 5.63. The van der Waals surface area contributed by atoms with Gasteiger partial charge >= 0.3 is 6.16 Å². The lowest BCUT2D eigenvalue weighted by Gasteiger charge is -2.07. The Morgan fingerprint density at radius 3 is 2.36 bits per heavy atom. The number of carbonyl (C=O) groups excluding carboxylic acids is 1. The fourth-order valence-electron chi connectivity index (χ4n) is 0.815. The van der Waals surface area contributed by atoms with Gasteiger partial charge in [-0.2, -0.15) is 0 Å². The molecule has 3 nitrogen and oxygen atoms in total. The van der Waals surface area contributed by atoms with Crippen LogP contribution in [0.5, 0.6) is 5.75 Å². The van der Waals surface area contributed by atoms with E-state index in [0.29, 0.717) is 0 Å². The van der Waals surface area contributed by atoms with Crippen LogP contribution in [0.4, 0.5) is 9.18 Å². The van der Waals surface area contributed by atoms with E-state index in [1.807, 2.05) is 0 Å². The van der Waals surface area contributed by atoms with Gasteiger partial charge < -0.3 is 9.47 Å². The summed E-state index contributed by atoms with van der Waals surface area (Å²) in [5.74, 6) is -0.119. The summed E-state index contributed by atoms with van der Waals surface area (Å²) < 4.78 is 21.9. The second-order valence-electron chi connectivity index (χ2n) is 2.97. The fraction of sp³-hybridized carbons (Fsp3) is 0.300. The zero-order valence-electron chi connectivity index (χ0n) is 7.99.